The van der Waals surface area contributed by atoms with Crippen LogP contribution in [0.5, 0.6) is 0 Å². The van der Waals surface area contributed by atoms with E-state index in [9.17, 15) is 4.79 Å². The molecular weight excluding hydrogens is 150 g/mol. The van der Waals surface area contributed by atoms with Crippen LogP contribution in [0.1, 0.15) is 12.0 Å². The Morgan fingerprint density at radius 3 is 2.75 bits per heavy atom. The van der Waals surface area contributed by atoms with E-state index in [-0.39, 0.29) is 5.78 Å². The van der Waals surface area contributed by atoms with Crippen LogP contribution in [0.25, 0.3) is 0 Å². The van der Waals surface area contributed by atoms with E-state index < -0.39 is 0 Å². The number of allylic oxidation sites excluding steroid dienone is 1. The predicted octanol–water partition coefficient (Wildman–Crippen LogP) is 1.77. The highest BCUT2D eigenvalue weighted by Crippen LogP contribution is 2.00. The van der Waals surface area contributed by atoms with Gasteiger partial charge in [-0.25, -0.2) is 0 Å². The maximum Gasteiger partial charge on any atom is 0.140 e. The molecule has 1 heterocycles. The minimum Gasteiger partial charge on any atom is -0.299 e. The summed E-state index contributed by atoms with van der Waals surface area (Å²) in [6.07, 6.45) is 5.94. The molecule has 0 unspecified atom stereocenters. The number of aromatic nitrogens is 1. The minimum atomic E-state index is 0.191. The van der Waals surface area contributed by atoms with Gasteiger partial charge in [-0.3, -0.25) is 9.78 Å². The lowest BCUT2D eigenvalue weighted by molar-refractivity contribution is -0.117. The smallest absolute Gasteiger partial charge is 0.140 e. The Morgan fingerprint density at radius 1 is 1.50 bits per heavy atom. The van der Waals surface area contributed by atoms with Crippen LogP contribution >= 0.6 is 0 Å². The second-order valence-corrected chi connectivity index (χ2v) is 2.56. The summed E-state index contributed by atoms with van der Waals surface area (Å²) >= 11 is 0. The molecule has 2 nitrogen and oxygen atoms in total. The lowest BCUT2D eigenvalue weighted by Crippen LogP contribution is -2.00. The van der Waals surface area contributed by atoms with Crippen molar-refractivity contribution in [3.8, 4) is 0 Å². The second kappa shape index (κ2) is 4.44. The quantitative estimate of drug-likeness (QED) is 0.630. The van der Waals surface area contributed by atoms with Crippen molar-refractivity contribution in [1.29, 1.82) is 0 Å². The summed E-state index contributed by atoms with van der Waals surface area (Å²) in [6, 6.07) is 3.70. The fourth-order valence-corrected chi connectivity index (χ4v) is 0.961. The van der Waals surface area contributed by atoms with E-state index in [1.165, 1.54) is 0 Å². The first kappa shape index (κ1) is 8.65. The minimum absolute atomic E-state index is 0.191. The van der Waals surface area contributed by atoms with E-state index in [1.807, 2.05) is 12.1 Å². The molecule has 0 bridgehead atoms. The summed E-state index contributed by atoms with van der Waals surface area (Å²) in [4.78, 5) is 15.0. The number of Topliss-reactive ketones (excluding diaryl/α,β-unsaturated/α-hetero) is 1. The highest BCUT2D eigenvalue weighted by Gasteiger charge is 1.99. The summed E-state index contributed by atoms with van der Waals surface area (Å²) in [5, 5.41) is 0. The zero-order valence-electron chi connectivity index (χ0n) is 6.86. The molecule has 0 aliphatic carbocycles. The Bertz CT molecular complexity index is 266. The number of pyridine rings is 1. The zero-order valence-corrected chi connectivity index (χ0v) is 6.86. The molecule has 62 valence electrons. The van der Waals surface area contributed by atoms with Crippen LogP contribution in [-0.2, 0) is 11.2 Å². The number of rotatable bonds is 4. The van der Waals surface area contributed by atoms with Crippen LogP contribution in [0, 0.1) is 0 Å². The fourth-order valence-electron chi connectivity index (χ4n) is 0.961. The van der Waals surface area contributed by atoms with Crippen LogP contribution in [0.2, 0.25) is 0 Å². The van der Waals surface area contributed by atoms with E-state index >= 15 is 0 Å². The van der Waals surface area contributed by atoms with Crippen molar-refractivity contribution < 1.29 is 4.79 Å². The normalized spacial score (nSPS) is 9.33. The van der Waals surface area contributed by atoms with Crippen molar-refractivity contribution in [2.75, 3.05) is 0 Å². The molecule has 12 heavy (non-hydrogen) atoms. The Morgan fingerprint density at radius 2 is 2.17 bits per heavy atom. The first-order chi connectivity index (χ1) is 5.83. The van der Waals surface area contributed by atoms with Crippen molar-refractivity contribution in [3.63, 3.8) is 0 Å². The molecule has 0 spiro atoms. The molecule has 0 radical (unpaired) electrons. The van der Waals surface area contributed by atoms with Gasteiger partial charge in [0.05, 0.1) is 0 Å². The Labute approximate surface area is 71.9 Å². The third kappa shape index (κ3) is 2.66. The van der Waals surface area contributed by atoms with E-state index in [0.29, 0.717) is 12.8 Å². The second-order valence-electron chi connectivity index (χ2n) is 2.56. The molecule has 0 saturated heterocycles. The Kier molecular flexibility index (Phi) is 3.20. The van der Waals surface area contributed by atoms with Gasteiger partial charge in [-0.1, -0.05) is 6.08 Å². The van der Waals surface area contributed by atoms with Crippen LogP contribution in [0.15, 0.2) is 37.2 Å². The molecule has 0 aliphatic heterocycles. The highest BCUT2D eigenvalue weighted by molar-refractivity contribution is 5.81. The number of carbonyl (C=O) groups is 1. The van der Waals surface area contributed by atoms with Crippen LogP contribution in [0.4, 0.5) is 0 Å². The van der Waals surface area contributed by atoms with Crippen LogP contribution in [0.3, 0.4) is 0 Å². The molecule has 1 rings (SSSR count). The van der Waals surface area contributed by atoms with Crippen molar-refractivity contribution in [2.24, 2.45) is 0 Å². The number of carbonyl (C=O) groups excluding carboxylic acids is 1. The molecule has 1 aromatic heterocycles. The first-order valence-electron chi connectivity index (χ1n) is 3.84. The van der Waals surface area contributed by atoms with Gasteiger partial charge in [-0.15, -0.1) is 6.58 Å². The van der Waals surface area contributed by atoms with Crippen molar-refractivity contribution in [2.45, 2.75) is 12.8 Å². The first-order valence-corrected chi connectivity index (χ1v) is 3.84. The molecule has 0 amide bonds. The largest absolute Gasteiger partial charge is 0.299 e. The number of ketones is 1. The topological polar surface area (TPSA) is 30.0 Å². The van der Waals surface area contributed by atoms with Gasteiger partial charge in [0.2, 0.25) is 0 Å². The molecular formula is C10H11NO. The average Bonchev–Trinajstić information content (AvgIpc) is 2.06. The summed E-state index contributed by atoms with van der Waals surface area (Å²) in [5.74, 6) is 0.191. The van der Waals surface area contributed by atoms with Crippen molar-refractivity contribution >= 4 is 5.78 Å². The maximum atomic E-state index is 11.1. The van der Waals surface area contributed by atoms with Crippen LogP contribution < -0.4 is 0 Å². The van der Waals surface area contributed by atoms with Gasteiger partial charge in [-0.05, 0) is 17.7 Å². The molecule has 0 saturated carbocycles. The van der Waals surface area contributed by atoms with Crippen molar-refractivity contribution in [3.05, 3.63) is 42.7 Å². The van der Waals surface area contributed by atoms with Gasteiger partial charge < -0.3 is 0 Å². The van der Waals surface area contributed by atoms with Crippen molar-refractivity contribution in [1.82, 2.24) is 4.98 Å². The van der Waals surface area contributed by atoms with Gasteiger partial charge in [-0.2, -0.15) is 0 Å². The lowest BCUT2D eigenvalue weighted by Gasteiger charge is -1.96. The predicted molar refractivity (Wildman–Crippen MR) is 47.8 cm³/mol. The van der Waals surface area contributed by atoms with Gasteiger partial charge in [0, 0.05) is 25.2 Å². The van der Waals surface area contributed by atoms with Gasteiger partial charge >= 0.3 is 0 Å². The standard InChI is InChI=1S/C10H11NO/c1-2-3-10(12)8-9-4-6-11-7-5-9/h2,4-7H,1,3,8H2. The molecule has 0 N–H and O–H groups in total. The molecule has 0 aromatic carbocycles. The fraction of sp³-hybridized carbons (Fsp3) is 0.200. The third-order valence-electron chi connectivity index (χ3n) is 1.52. The van der Waals surface area contributed by atoms with Gasteiger partial charge in [0.25, 0.3) is 0 Å². The third-order valence-corrected chi connectivity index (χ3v) is 1.52. The lowest BCUT2D eigenvalue weighted by atomic mass is 10.1. The number of hydrogen-bond acceptors (Lipinski definition) is 2. The summed E-state index contributed by atoms with van der Waals surface area (Å²) < 4.78 is 0. The number of nitrogens with zero attached hydrogens (tertiary/aromatic N) is 1. The molecule has 0 aliphatic rings. The summed E-state index contributed by atoms with van der Waals surface area (Å²) in [7, 11) is 0. The van der Waals surface area contributed by atoms with Gasteiger partial charge in [0.15, 0.2) is 0 Å². The highest BCUT2D eigenvalue weighted by atomic mass is 16.1. The summed E-state index contributed by atoms with van der Waals surface area (Å²) in [6.45, 7) is 3.51. The number of hydrogen-bond donors (Lipinski definition) is 0. The van der Waals surface area contributed by atoms with Gasteiger partial charge in [0.1, 0.15) is 5.78 Å². The SMILES string of the molecule is C=CCC(=O)Cc1ccncc1. The van der Waals surface area contributed by atoms with Crippen LogP contribution in [-0.4, -0.2) is 10.8 Å². The molecule has 0 fully saturated rings. The van der Waals surface area contributed by atoms with E-state index in [2.05, 4.69) is 11.6 Å². The maximum absolute atomic E-state index is 11.1. The monoisotopic (exact) mass is 161 g/mol. The van der Waals surface area contributed by atoms with E-state index in [1.54, 1.807) is 18.5 Å². The molecule has 2 heteroatoms. The Hall–Kier alpha value is -1.44. The molecule has 1 aromatic rings. The molecule has 0 atom stereocenters. The zero-order chi connectivity index (χ0) is 8.81. The Balaban J connectivity index is 2.52. The summed E-state index contributed by atoms with van der Waals surface area (Å²) in [5.41, 5.74) is 1.01. The van der Waals surface area contributed by atoms with E-state index in [0.717, 1.165) is 5.56 Å². The average molecular weight is 161 g/mol. The van der Waals surface area contributed by atoms with E-state index in [4.69, 9.17) is 0 Å².